The van der Waals surface area contributed by atoms with Crippen molar-refractivity contribution in [2.75, 3.05) is 33.1 Å². The number of carbonyl (C=O) groups excluding carboxylic acids is 3. The fourth-order valence-corrected chi connectivity index (χ4v) is 5.82. The molecular weight excluding hydrogens is 476 g/mol. The second kappa shape index (κ2) is 8.03. The number of hydrogen-bond donors (Lipinski definition) is 5. The Hall–Kier alpha value is -3.97. The molecule has 0 saturated heterocycles. The lowest BCUT2D eigenvalue weighted by molar-refractivity contribution is -0.385. The molecule has 6 N–H and O–H groups in total. The van der Waals surface area contributed by atoms with Crippen LogP contribution in [0.2, 0.25) is 0 Å². The van der Waals surface area contributed by atoms with Gasteiger partial charge in [0, 0.05) is 37.3 Å². The maximum atomic E-state index is 13.6. The minimum Gasteiger partial charge on any atom is -0.510 e. The van der Waals surface area contributed by atoms with Crippen LogP contribution in [-0.4, -0.2) is 87.6 Å². The van der Waals surface area contributed by atoms with Crippen LogP contribution in [0.4, 0.5) is 11.4 Å². The predicted octanol–water partition coefficient (Wildman–Crippen LogP) is 0.0948. The van der Waals surface area contributed by atoms with E-state index in [0.717, 1.165) is 6.07 Å². The number of phenols is 1. The summed E-state index contributed by atoms with van der Waals surface area (Å²) in [6, 6.07) is 0.0457. The number of benzene rings is 1. The van der Waals surface area contributed by atoms with E-state index in [2.05, 4.69) is 0 Å². The van der Waals surface area contributed by atoms with Crippen molar-refractivity contribution in [3.05, 3.63) is 50.0 Å². The molecule has 0 heterocycles. The average molecular weight is 502 g/mol. The van der Waals surface area contributed by atoms with Gasteiger partial charge in [0.05, 0.1) is 16.5 Å². The van der Waals surface area contributed by atoms with Gasteiger partial charge in [-0.2, -0.15) is 0 Å². The number of aliphatic hydroxyl groups is 3. The molecule has 36 heavy (non-hydrogen) atoms. The molecule has 0 radical (unpaired) electrons. The number of aliphatic hydroxyl groups excluding tert-OH is 2. The van der Waals surface area contributed by atoms with Gasteiger partial charge in [-0.3, -0.25) is 29.4 Å². The lowest BCUT2D eigenvalue weighted by atomic mass is 9.58. The molecule has 3 aliphatic carbocycles. The largest absolute Gasteiger partial charge is 0.510 e. The molecule has 13 heteroatoms. The molecule has 0 spiro atoms. The third-order valence-corrected chi connectivity index (χ3v) is 7.36. The molecule has 0 aromatic heterocycles. The van der Waals surface area contributed by atoms with Crippen LogP contribution in [0.3, 0.4) is 0 Å². The molecule has 1 amide bonds. The second-order valence-corrected chi connectivity index (χ2v) is 9.73. The Morgan fingerprint density at radius 1 is 1.19 bits per heavy atom. The van der Waals surface area contributed by atoms with Crippen LogP contribution in [0, 0.1) is 22.0 Å². The lowest BCUT2D eigenvalue weighted by Gasteiger charge is -2.50. The van der Waals surface area contributed by atoms with E-state index in [1.54, 1.807) is 19.0 Å². The number of amides is 1. The van der Waals surface area contributed by atoms with Crippen molar-refractivity contribution in [3.8, 4) is 5.75 Å². The Kier molecular flexibility index (Phi) is 5.61. The van der Waals surface area contributed by atoms with Gasteiger partial charge in [0.15, 0.2) is 11.4 Å². The van der Waals surface area contributed by atoms with Gasteiger partial charge >= 0.3 is 5.69 Å². The summed E-state index contributed by atoms with van der Waals surface area (Å²) < 4.78 is 0. The van der Waals surface area contributed by atoms with Crippen molar-refractivity contribution in [1.29, 1.82) is 0 Å². The van der Waals surface area contributed by atoms with Crippen molar-refractivity contribution in [2.45, 2.75) is 24.5 Å². The highest BCUT2D eigenvalue weighted by Crippen LogP contribution is 2.54. The SMILES string of the molecule is CN(C)c1cc([N+](=O)[O-])c(O)c2c1CC1CC3[C@H](N(C)C)C(O)=C(C(N)=O)C(=O)C3(O)C(O)=C1C2=O. The van der Waals surface area contributed by atoms with E-state index >= 15 is 0 Å². The molecule has 0 saturated carbocycles. The highest BCUT2D eigenvalue weighted by Gasteiger charge is 2.63. The van der Waals surface area contributed by atoms with Crippen LogP contribution >= 0.6 is 0 Å². The fraction of sp³-hybridized carbons (Fsp3) is 0.435. The van der Waals surface area contributed by atoms with Crippen LogP contribution in [0.1, 0.15) is 22.3 Å². The van der Waals surface area contributed by atoms with Gasteiger partial charge in [-0.05, 0) is 38.4 Å². The number of Topliss-reactive ketones (excluding diaryl/α,β-unsaturated/α-hetero) is 2. The molecule has 3 aliphatic rings. The molecule has 4 atom stereocenters. The first-order valence-electron chi connectivity index (χ1n) is 11.0. The van der Waals surface area contributed by atoms with Gasteiger partial charge in [0.2, 0.25) is 11.5 Å². The zero-order chi connectivity index (χ0) is 27.0. The molecular formula is C23H26N4O9. The second-order valence-electron chi connectivity index (χ2n) is 9.73. The first-order valence-corrected chi connectivity index (χ1v) is 11.0. The minimum absolute atomic E-state index is 0.0353. The van der Waals surface area contributed by atoms with Crippen LogP contribution in [0.15, 0.2) is 28.7 Å². The molecule has 1 aromatic rings. The number of nitro groups is 1. The quantitative estimate of drug-likeness (QED) is 0.212. The summed E-state index contributed by atoms with van der Waals surface area (Å²) in [4.78, 5) is 52.6. The smallest absolute Gasteiger partial charge is 0.313 e. The predicted molar refractivity (Wildman–Crippen MR) is 125 cm³/mol. The molecule has 1 aromatic carbocycles. The third-order valence-electron chi connectivity index (χ3n) is 7.36. The van der Waals surface area contributed by atoms with Crippen molar-refractivity contribution >= 4 is 28.8 Å². The van der Waals surface area contributed by atoms with Gasteiger partial charge in [0.25, 0.3) is 5.91 Å². The van der Waals surface area contributed by atoms with Crippen molar-refractivity contribution in [3.63, 3.8) is 0 Å². The number of ketones is 2. The van der Waals surface area contributed by atoms with E-state index in [1.165, 1.54) is 19.0 Å². The summed E-state index contributed by atoms with van der Waals surface area (Å²) in [6.45, 7) is 0. The van der Waals surface area contributed by atoms with E-state index in [1.807, 2.05) is 0 Å². The first-order chi connectivity index (χ1) is 16.7. The average Bonchev–Trinajstić information content (AvgIpc) is 2.75. The molecule has 0 aliphatic heterocycles. The minimum atomic E-state index is -2.77. The van der Waals surface area contributed by atoms with E-state index in [9.17, 15) is 44.9 Å². The van der Waals surface area contributed by atoms with E-state index < -0.39 is 85.5 Å². The van der Waals surface area contributed by atoms with Gasteiger partial charge in [-0.15, -0.1) is 0 Å². The highest BCUT2D eigenvalue weighted by molar-refractivity contribution is 6.25. The lowest BCUT2D eigenvalue weighted by Crippen LogP contribution is -2.63. The van der Waals surface area contributed by atoms with Crippen LogP contribution in [0.5, 0.6) is 5.75 Å². The van der Waals surface area contributed by atoms with Crippen LogP contribution in [0.25, 0.3) is 0 Å². The maximum Gasteiger partial charge on any atom is 0.313 e. The molecule has 4 rings (SSSR count). The maximum absolute atomic E-state index is 13.6. The number of carbonyl (C=O) groups is 3. The number of aromatic hydroxyl groups is 1. The van der Waals surface area contributed by atoms with E-state index in [0.29, 0.717) is 11.3 Å². The van der Waals surface area contributed by atoms with Gasteiger partial charge in [-0.25, -0.2) is 0 Å². The van der Waals surface area contributed by atoms with Crippen molar-refractivity contribution in [2.24, 2.45) is 17.6 Å². The number of hydrogen-bond acceptors (Lipinski definition) is 11. The third kappa shape index (κ3) is 3.12. The molecule has 0 bridgehead atoms. The Morgan fingerprint density at radius 3 is 2.31 bits per heavy atom. The zero-order valence-electron chi connectivity index (χ0n) is 20.0. The standard InChI is InChI=1S/C23H26N4O9/c1-25(2)11-7-12(27(35)36)17(28)14-9(11)5-8-6-10-16(26(3)4)19(30)15(22(24)33)21(32)23(10,34)20(31)13(8)18(14)29/h7-8,10,16,28,30-31,34H,5-6H2,1-4H3,(H2,24,33)/t8?,10?,16-,23?/m0/s1. The Labute approximate surface area is 204 Å². The number of fused-ring (bicyclic) bond motifs is 3. The molecule has 13 nitrogen and oxygen atoms in total. The number of nitrogens with two attached hydrogens (primary N) is 1. The summed E-state index contributed by atoms with van der Waals surface area (Å²) >= 11 is 0. The fourth-order valence-electron chi connectivity index (χ4n) is 5.82. The topological polar surface area (TPSA) is 208 Å². The number of phenolic OH excluding ortho intramolecular Hbond substituents is 1. The van der Waals surface area contributed by atoms with E-state index in [4.69, 9.17) is 5.73 Å². The van der Waals surface area contributed by atoms with Crippen molar-refractivity contribution in [1.82, 2.24) is 4.90 Å². The Balaban J connectivity index is 2.01. The molecule has 3 unspecified atom stereocenters. The Morgan fingerprint density at radius 2 is 1.81 bits per heavy atom. The highest BCUT2D eigenvalue weighted by atomic mass is 16.6. The van der Waals surface area contributed by atoms with Crippen LogP contribution in [-0.2, 0) is 16.0 Å². The summed E-state index contributed by atoms with van der Waals surface area (Å²) in [6.07, 6.45) is -0.0377. The van der Waals surface area contributed by atoms with Gasteiger partial charge in [0.1, 0.15) is 17.1 Å². The van der Waals surface area contributed by atoms with Gasteiger partial charge < -0.3 is 31.1 Å². The summed E-state index contributed by atoms with van der Waals surface area (Å²) in [5.41, 5.74) is 0.726. The summed E-state index contributed by atoms with van der Waals surface area (Å²) in [7, 11) is 6.29. The monoisotopic (exact) mass is 502 g/mol. The number of allylic oxidation sites excluding steroid dienone is 1. The normalized spacial score (nSPS) is 27.6. The first kappa shape index (κ1) is 25.1. The van der Waals surface area contributed by atoms with Gasteiger partial charge in [-0.1, -0.05) is 0 Å². The number of nitro benzene ring substituents is 1. The zero-order valence-corrected chi connectivity index (χ0v) is 20.0. The van der Waals surface area contributed by atoms with Crippen LogP contribution < -0.4 is 10.6 Å². The molecule has 192 valence electrons. The Bertz CT molecular complexity index is 1310. The summed E-state index contributed by atoms with van der Waals surface area (Å²) in [5, 5.41) is 55.8. The number of nitrogens with zero attached hydrogens (tertiary/aromatic N) is 3. The van der Waals surface area contributed by atoms with Crippen molar-refractivity contribution < 1.29 is 39.7 Å². The molecule has 0 fully saturated rings. The van der Waals surface area contributed by atoms with E-state index in [-0.39, 0.29) is 12.8 Å². The number of anilines is 1. The number of likely N-dealkylation sites (N-methyl/N-ethyl adjacent to an activating group) is 1. The number of rotatable bonds is 4. The number of primary amides is 1. The summed E-state index contributed by atoms with van der Waals surface area (Å²) in [5.74, 6) is -8.16.